The van der Waals surface area contributed by atoms with Gasteiger partial charge >= 0.3 is 0 Å². The molecule has 3 rings (SSSR count). The summed E-state index contributed by atoms with van der Waals surface area (Å²) in [5.41, 5.74) is 7.31. The van der Waals surface area contributed by atoms with Crippen LogP contribution in [0.15, 0.2) is 10.9 Å². The minimum absolute atomic E-state index is 0.330. The lowest BCUT2D eigenvalue weighted by molar-refractivity contribution is 0.365. The number of nitrogens with two attached hydrogens (primary N) is 1. The maximum Gasteiger partial charge on any atom is 0.263 e. The van der Waals surface area contributed by atoms with E-state index >= 15 is 0 Å². The highest BCUT2D eigenvalue weighted by Crippen LogP contribution is 2.31. The van der Waals surface area contributed by atoms with Crippen LogP contribution < -0.4 is 10.6 Å². The topological polar surface area (TPSA) is 81.1 Å². The first kappa shape index (κ1) is 12.3. The van der Waals surface area contributed by atoms with Gasteiger partial charge in [0.15, 0.2) is 0 Å². The molecule has 1 saturated heterocycles. The number of anilines is 1. The van der Waals surface area contributed by atoms with E-state index in [1.165, 1.54) is 6.33 Å². The van der Waals surface area contributed by atoms with Gasteiger partial charge in [0.1, 0.15) is 17.5 Å². The van der Waals surface area contributed by atoms with Gasteiger partial charge in [-0.25, -0.2) is 4.98 Å². The van der Waals surface area contributed by atoms with E-state index < -0.39 is 0 Å². The van der Waals surface area contributed by atoms with Crippen LogP contribution in [-0.4, -0.2) is 34.3 Å². The van der Waals surface area contributed by atoms with Crippen molar-refractivity contribution in [1.29, 1.82) is 0 Å². The third-order valence-corrected chi connectivity index (χ3v) is 3.95. The molecule has 2 unspecified atom stereocenters. The van der Waals surface area contributed by atoms with Crippen molar-refractivity contribution in [2.75, 3.05) is 18.0 Å². The highest BCUT2D eigenvalue weighted by Gasteiger charge is 2.28. The lowest BCUT2D eigenvalue weighted by atomic mass is 9.92. The normalized spacial score (nSPS) is 24.1. The molecule has 0 radical (unpaired) electrons. The van der Waals surface area contributed by atoms with Crippen LogP contribution in [-0.2, 0) is 0 Å². The largest absolute Gasteiger partial charge is 0.352 e. The van der Waals surface area contributed by atoms with Crippen LogP contribution >= 0.6 is 0 Å². The third kappa shape index (κ3) is 2.06. The maximum atomic E-state index is 5.93. The first-order chi connectivity index (χ1) is 9.20. The van der Waals surface area contributed by atoms with E-state index in [-0.39, 0.29) is 0 Å². The van der Waals surface area contributed by atoms with Crippen molar-refractivity contribution in [2.45, 2.75) is 32.7 Å². The van der Waals surface area contributed by atoms with Gasteiger partial charge < -0.3 is 15.2 Å². The molecule has 0 spiro atoms. The molecule has 3 heterocycles. The van der Waals surface area contributed by atoms with Gasteiger partial charge in [-0.2, -0.15) is 4.98 Å². The Morgan fingerprint density at radius 3 is 3.11 bits per heavy atom. The number of aromatic nitrogens is 3. The zero-order valence-electron chi connectivity index (χ0n) is 11.3. The number of hydrogen-bond donors (Lipinski definition) is 1. The van der Waals surface area contributed by atoms with E-state index in [2.05, 4.69) is 26.9 Å². The fraction of sp³-hybridized carbons (Fsp3) is 0.615. The fourth-order valence-corrected chi connectivity index (χ4v) is 2.88. The monoisotopic (exact) mass is 261 g/mol. The summed E-state index contributed by atoms with van der Waals surface area (Å²) in [6.07, 6.45) is 3.80. The van der Waals surface area contributed by atoms with Gasteiger partial charge in [-0.1, -0.05) is 12.1 Å². The van der Waals surface area contributed by atoms with Gasteiger partial charge in [0, 0.05) is 19.1 Å². The summed E-state index contributed by atoms with van der Waals surface area (Å²) in [6, 6.07) is 0.330. The minimum Gasteiger partial charge on any atom is -0.352 e. The lowest BCUT2D eigenvalue weighted by Gasteiger charge is -2.38. The van der Waals surface area contributed by atoms with Crippen molar-refractivity contribution < 1.29 is 4.52 Å². The molecule has 19 heavy (non-hydrogen) atoms. The molecule has 102 valence electrons. The van der Waals surface area contributed by atoms with E-state index in [0.29, 0.717) is 24.2 Å². The van der Waals surface area contributed by atoms with Crippen LogP contribution in [0, 0.1) is 12.8 Å². The number of fused-ring (bicyclic) bond motifs is 1. The Labute approximate surface area is 112 Å². The Kier molecular flexibility index (Phi) is 3.10. The highest BCUT2D eigenvalue weighted by atomic mass is 16.5. The number of aryl methyl sites for hydroxylation is 1. The van der Waals surface area contributed by atoms with Crippen LogP contribution in [0.25, 0.3) is 11.1 Å². The molecule has 1 aliphatic rings. The highest BCUT2D eigenvalue weighted by molar-refractivity contribution is 5.88. The van der Waals surface area contributed by atoms with E-state index in [4.69, 9.17) is 10.3 Å². The van der Waals surface area contributed by atoms with Crippen LogP contribution in [0.1, 0.15) is 25.5 Å². The Balaban J connectivity index is 2.05. The van der Waals surface area contributed by atoms with Gasteiger partial charge in [0.25, 0.3) is 5.71 Å². The van der Waals surface area contributed by atoms with Crippen molar-refractivity contribution in [3.05, 3.63) is 12.0 Å². The number of piperidine rings is 1. The molecule has 0 aliphatic carbocycles. The van der Waals surface area contributed by atoms with Crippen LogP contribution in [0.4, 0.5) is 5.82 Å². The Hall–Kier alpha value is -1.69. The predicted molar refractivity (Wildman–Crippen MR) is 72.9 cm³/mol. The summed E-state index contributed by atoms with van der Waals surface area (Å²) < 4.78 is 5.21. The van der Waals surface area contributed by atoms with E-state index in [1.54, 1.807) is 0 Å². The molecule has 0 bridgehead atoms. The third-order valence-electron chi connectivity index (χ3n) is 3.95. The number of hydrogen-bond acceptors (Lipinski definition) is 6. The first-order valence-electron chi connectivity index (χ1n) is 6.74. The molecule has 0 saturated carbocycles. The lowest BCUT2D eigenvalue weighted by Crippen LogP contribution is -2.46. The van der Waals surface area contributed by atoms with Gasteiger partial charge in [0.2, 0.25) is 0 Å². The average Bonchev–Trinajstić information content (AvgIpc) is 2.81. The number of nitrogens with zero attached hydrogens (tertiary/aromatic N) is 4. The van der Waals surface area contributed by atoms with E-state index in [1.807, 2.05) is 6.92 Å². The van der Waals surface area contributed by atoms with Crippen LogP contribution in [0.3, 0.4) is 0 Å². The van der Waals surface area contributed by atoms with Crippen molar-refractivity contribution >= 4 is 16.9 Å². The van der Waals surface area contributed by atoms with Crippen molar-refractivity contribution in [1.82, 2.24) is 15.1 Å². The summed E-state index contributed by atoms with van der Waals surface area (Å²) >= 11 is 0. The molecule has 6 heteroatoms. The molecule has 2 N–H and O–H groups in total. The number of rotatable bonds is 2. The quantitative estimate of drug-likeness (QED) is 0.882. The second-order valence-corrected chi connectivity index (χ2v) is 5.36. The van der Waals surface area contributed by atoms with Crippen molar-refractivity contribution in [3.8, 4) is 0 Å². The zero-order valence-corrected chi connectivity index (χ0v) is 11.3. The molecule has 2 aromatic heterocycles. The first-order valence-corrected chi connectivity index (χ1v) is 6.74. The molecule has 2 atom stereocenters. The maximum absolute atomic E-state index is 5.93. The summed E-state index contributed by atoms with van der Waals surface area (Å²) in [5, 5.41) is 4.89. The molecule has 2 aromatic rings. The van der Waals surface area contributed by atoms with Crippen LogP contribution in [0.2, 0.25) is 0 Å². The van der Waals surface area contributed by atoms with Gasteiger partial charge in [-0.3, -0.25) is 0 Å². The molecule has 0 amide bonds. The second-order valence-electron chi connectivity index (χ2n) is 5.36. The average molecular weight is 261 g/mol. The molecular weight excluding hydrogens is 242 g/mol. The van der Waals surface area contributed by atoms with Gasteiger partial charge in [-0.15, -0.1) is 0 Å². The van der Waals surface area contributed by atoms with Crippen molar-refractivity contribution in [2.24, 2.45) is 11.7 Å². The molecule has 1 fully saturated rings. The molecule has 1 aliphatic heterocycles. The Morgan fingerprint density at radius 1 is 1.47 bits per heavy atom. The van der Waals surface area contributed by atoms with E-state index in [0.717, 1.165) is 36.3 Å². The van der Waals surface area contributed by atoms with Gasteiger partial charge in [-0.05, 0) is 25.7 Å². The van der Waals surface area contributed by atoms with E-state index in [9.17, 15) is 0 Å². The Bertz CT molecular complexity index is 581. The summed E-state index contributed by atoms with van der Waals surface area (Å²) in [6.45, 7) is 5.81. The zero-order chi connectivity index (χ0) is 13.4. The molecule has 6 nitrogen and oxygen atoms in total. The van der Waals surface area contributed by atoms with Gasteiger partial charge in [0.05, 0.1) is 5.69 Å². The smallest absolute Gasteiger partial charge is 0.263 e. The minimum atomic E-state index is 0.330. The second kappa shape index (κ2) is 4.77. The Morgan fingerprint density at radius 2 is 2.32 bits per heavy atom. The van der Waals surface area contributed by atoms with Crippen molar-refractivity contribution in [3.63, 3.8) is 0 Å². The SMILES string of the molecule is Cc1noc2ncnc(N3CCC(C)CC3CN)c12. The fourth-order valence-electron chi connectivity index (χ4n) is 2.88. The summed E-state index contributed by atoms with van der Waals surface area (Å²) in [5.74, 6) is 1.62. The predicted octanol–water partition coefficient (Wildman–Crippen LogP) is 1.49. The molecular formula is C13H19N5O. The van der Waals surface area contributed by atoms with Crippen LogP contribution in [0.5, 0.6) is 0 Å². The summed E-state index contributed by atoms with van der Waals surface area (Å²) in [7, 11) is 0. The molecule has 0 aromatic carbocycles. The summed E-state index contributed by atoms with van der Waals surface area (Å²) in [4.78, 5) is 10.9. The standard InChI is InChI=1S/C13H19N5O/c1-8-3-4-18(10(5-8)6-14)12-11-9(2)17-19-13(11)16-7-15-12/h7-8,10H,3-6,14H2,1-2H3.